The van der Waals surface area contributed by atoms with E-state index in [0.717, 1.165) is 0 Å². The van der Waals surface area contributed by atoms with Gasteiger partial charge in [-0.25, -0.2) is 4.39 Å². The minimum Gasteiger partial charge on any atom is -0.496 e. The van der Waals surface area contributed by atoms with Gasteiger partial charge in [0, 0.05) is 11.6 Å². The largest absolute Gasteiger partial charge is 0.496 e. The van der Waals surface area contributed by atoms with Gasteiger partial charge < -0.3 is 15.6 Å². The van der Waals surface area contributed by atoms with Crippen LogP contribution in [0.1, 0.15) is 29.2 Å². The number of aryl methyl sites for hydroxylation is 1. The lowest BCUT2D eigenvalue weighted by molar-refractivity contribution is -0.137. The molecule has 1 unspecified atom stereocenters. The van der Waals surface area contributed by atoms with Gasteiger partial charge in [-0.3, -0.25) is 4.79 Å². The van der Waals surface area contributed by atoms with E-state index in [9.17, 15) is 9.18 Å². The minimum atomic E-state index is -1.03. The van der Waals surface area contributed by atoms with Crippen LogP contribution in [0.4, 0.5) is 4.39 Å². The third-order valence-corrected chi connectivity index (χ3v) is 2.68. The summed E-state index contributed by atoms with van der Waals surface area (Å²) in [5, 5.41) is 8.72. The second-order valence-electron chi connectivity index (χ2n) is 3.95. The average Bonchev–Trinajstić information content (AvgIpc) is 2.21. The Morgan fingerprint density at radius 1 is 1.59 bits per heavy atom. The van der Waals surface area contributed by atoms with Crippen molar-refractivity contribution in [3.8, 4) is 5.75 Å². The van der Waals surface area contributed by atoms with Crippen molar-refractivity contribution in [2.24, 2.45) is 5.73 Å². The molecular formula is C12H16FNO3. The van der Waals surface area contributed by atoms with E-state index in [1.165, 1.54) is 13.2 Å². The number of ether oxygens (including phenoxy) is 1. The summed E-state index contributed by atoms with van der Waals surface area (Å²) in [5.41, 5.74) is 7.14. The van der Waals surface area contributed by atoms with Crippen LogP contribution < -0.4 is 10.5 Å². The maximum absolute atomic E-state index is 13.6. The predicted octanol–water partition coefficient (Wildman–Crippen LogP) is 1.93. The molecule has 0 saturated heterocycles. The first-order valence-electron chi connectivity index (χ1n) is 5.19. The van der Waals surface area contributed by atoms with Crippen LogP contribution in [0, 0.1) is 19.7 Å². The second-order valence-corrected chi connectivity index (χ2v) is 3.95. The summed E-state index contributed by atoms with van der Waals surface area (Å²) < 4.78 is 18.8. The Morgan fingerprint density at radius 3 is 2.65 bits per heavy atom. The van der Waals surface area contributed by atoms with Crippen LogP contribution in [0.2, 0.25) is 0 Å². The number of aliphatic carboxylic acids is 1. The molecule has 1 aromatic carbocycles. The lowest BCUT2D eigenvalue weighted by atomic mass is 9.95. The van der Waals surface area contributed by atoms with Gasteiger partial charge in [0.1, 0.15) is 11.6 Å². The van der Waals surface area contributed by atoms with Crippen molar-refractivity contribution in [3.05, 3.63) is 28.6 Å². The molecule has 1 rings (SSSR count). The number of carboxylic acids is 1. The number of nitrogens with two attached hydrogens (primary N) is 1. The zero-order valence-electron chi connectivity index (χ0n) is 10.1. The molecule has 1 atom stereocenters. The molecule has 94 valence electrons. The fourth-order valence-corrected chi connectivity index (χ4v) is 1.88. The first-order chi connectivity index (χ1) is 7.88. The molecule has 0 heterocycles. The fraction of sp³-hybridized carbons (Fsp3) is 0.417. The zero-order chi connectivity index (χ0) is 13.2. The van der Waals surface area contributed by atoms with Crippen molar-refractivity contribution < 1.29 is 19.0 Å². The topological polar surface area (TPSA) is 72.5 Å². The van der Waals surface area contributed by atoms with Gasteiger partial charge in [0.25, 0.3) is 0 Å². The van der Waals surface area contributed by atoms with Gasteiger partial charge in [-0.2, -0.15) is 0 Å². The van der Waals surface area contributed by atoms with Gasteiger partial charge in [0.05, 0.1) is 13.5 Å². The Bertz CT molecular complexity index is 446. The van der Waals surface area contributed by atoms with Crippen LogP contribution in [-0.4, -0.2) is 18.2 Å². The second kappa shape index (κ2) is 5.14. The lowest BCUT2D eigenvalue weighted by Gasteiger charge is -2.19. The quantitative estimate of drug-likeness (QED) is 0.844. The zero-order valence-corrected chi connectivity index (χ0v) is 10.1. The summed E-state index contributed by atoms with van der Waals surface area (Å²) in [6.07, 6.45) is -0.264. The molecule has 0 fully saturated rings. The molecule has 0 aromatic heterocycles. The van der Waals surface area contributed by atoms with Gasteiger partial charge in [0.2, 0.25) is 0 Å². The summed E-state index contributed by atoms with van der Waals surface area (Å²) in [6.45, 7) is 3.26. The normalized spacial score (nSPS) is 12.3. The summed E-state index contributed by atoms with van der Waals surface area (Å²) in [6, 6.07) is 0.572. The van der Waals surface area contributed by atoms with Gasteiger partial charge in [0.15, 0.2) is 0 Å². The van der Waals surface area contributed by atoms with E-state index in [-0.39, 0.29) is 6.42 Å². The third-order valence-electron chi connectivity index (χ3n) is 2.68. The molecule has 0 spiro atoms. The van der Waals surface area contributed by atoms with E-state index in [0.29, 0.717) is 22.4 Å². The van der Waals surface area contributed by atoms with Crippen molar-refractivity contribution in [3.63, 3.8) is 0 Å². The standard InChI is InChI=1S/C12H16FNO3/c1-6-4-8(13)7(2)11(12(6)17-3)9(14)5-10(15)16/h4,9H,5,14H2,1-3H3,(H,15,16). The number of halogens is 1. The van der Waals surface area contributed by atoms with E-state index in [2.05, 4.69) is 0 Å². The van der Waals surface area contributed by atoms with E-state index in [1.54, 1.807) is 13.8 Å². The molecule has 4 nitrogen and oxygen atoms in total. The van der Waals surface area contributed by atoms with Crippen molar-refractivity contribution in [1.29, 1.82) is 0 Å². The monoisotopic (exact) mass is 241 g/mol. The molecule has 0 radical (unpaired) electrons. The molecule has 0 aliphatic rings. The van der Waals surface area contributed by atoms with Crippen LogP contribution in [0.3, 0.4) is 0 Å². The van der Waals surface area contributed by atoms with Crippen molar-refractivity contribution in [2.75, 3.05) is 7.11 Å². The number of carbonyl (C=O) groups is 1. The maximum Gasteiger partial charge on any atom is 0.305 e. The van der Waals surface area contributed by atoms with Crippen molar-refractivity contribution in [1.82, 2.24) is 0 Å². The molecule has 0 bridgehead atoms. The lowest BCUT2D eigenvalue weighted by Crippen LogP contribution is -2.18. The Morgan fingerprint density at radius 2 is 2.18 bits per heavy atom. The Balaban J connectivity index is 3.33. The Labute approximate surface area is 99.2 Å². The van der Waals surface area contributed by atoms with Crippen LogP contribution in [-0.2, 0) is 4.79 Å². The molecule has 0 aliphatic heterocycles. The average molecular weight is 241 g/mol. The van der Waals surface area contributed by atoms with Crippen LogP contribution >= 0.6 is 0 Å². The predicted molar refractivity (Wildman–Crippen MR) is 61.6 cm³/mol. The van der Waals surface area contributed by atoms with Gasteiger partial charge in [-0.15, -0.1) is 0 Å². The van der Waals surface area contributed by atoms with Gasteiger partial charge in [-0.05, 0) is 31.0 Å². The van der Waals surface area contributed by atoms with E-state index in [4.69, 9.17) is 15.6 Å². The molecule has 0 saturated carbocycles. The summed E-state index contributed by atoms with van der Waals surface area (Å²) >= 11 is 0. The highest BCUT2D eigenvalue weighted by molar-refractivity contribution is 5.68. The van der Waals surface area contributed by atoms with E-state index < -0.39 is 17.8 Å². The highest BCUT2D eigenvalue weighted by Crippen LogP contribution is 2.33. The first-order valence-corrected chi connectivity index (χ1v) is 5.19. The molecule has 0 amide bonds. The van der Waals surface area contributed by atoms with Crippen LogP contribution in [0.15, 0.2) is 6.07 Å². The molecule has 1 aromatic rings. The SMILES string of the molecule is COc1c(C)cc(F)c(C)c1C(N)CC(=O)O. The number of hydrogen-bond acceptors (Lipinski definition) is 3. The van der Waals surface area contributed by atoms with Crippen LogP contribution in [0.5, 0.6) is 5.75 Å². The molecule has 17 heavy (non-hydrogen) atoms. The Hall–Kier alpha value is -1.62. The number of methoxy groups -OCH3 is 1. The number of hydrogen-bond donors (Lipinski definition) is 2. The number of benzene rings is 1. The first kappa shape index (κ1) is 13.4. The smallest absolute Gasteiger partial charge is 0.305 e. The summed E-state index contributed by atoms with van der Waals surface area (Å²) in [7, 11) is 1.46. The van der Waals surface area contributed by atoms with Crippen molar-refractivity contribution in [2.45, 2.75) is 26.3 Å². The van der Waals surface area contributed by atoms with Gasteiger partial charge in [-0.1, -0.05) is 0 Å². The van der Waals surface area contributed by atoms with E-state index >= 15 is 0 Å². The molecule has 3 N–H and O–H groups in total. The Kier molecular flexibility index (Phi) is 4.07. The summed E-state index contributed by atoms with van der Waals surface area (Å²) in [4.78, 5) is 10.6. The van der Waals surface area contributed by atoms with Crippen LogP contribution in [0.25, 0.3) is 0 Å². The highest BCUT2D eigenvalue weighted by Gasteiger charge is 2.21. The number of carboxylic acid groups (broad SMARTS) is 1. The maximum atomic E-state index is 13.6. The van der Waals surface area contributed by atoms with Gasteiger partial charge >= 0.3 is 5.97 Å². The fourth-order valence-electron chi connectivity index (χ4n) is 1.88. The van der Waals surface area contributed by atoms with Crippen molar-refractivity contribution >= 4 is 5.97 Å². The minimum absolute atomic E-state index is 0.264. The molecular weight excluding hydrogens is 225 g/mol. The molecule has 5 heteroatoms. The van der Waals surface area contributed by atoms with E-state index in [1.807, 2.05) is 0 Å². The highest BCUT2D eigenvalue weighted by atomic mass is 19.1. The third kappa shape index (κ3) is 2.74. The number of rotatable bonds is 4. The summed E-state index contributed by atoms with van der Waals surface area (Å²) in [5.74, 6) is -0.974. The molecule has 0 aliphatic carbocycles.